The van der Waals surface area contributed by atoms with Crippen molar-refractivity contribution in [2.45, 2.75) is 25.5 Å². The second-order valence-electron chi connectivity index (χ2n) is 5.84. The number of hydrogen-bond donors (Lipinski definition) is 1. The molecule has 2 atom stereocenters. The molecule has 28 heavy (non-hydrogen) atoms. The molecule has 0 spiro atoms. The Balaban J connectivity index is 1.69. The van der Waals surface area contributed by atoms with Crippen LogP contribution >= 0.6 is 11.3 Å². The van der Waals surface area contributed by atoms with Crippen LogP contribution in [-0.4, -0.2) is 38.2 Å². The Kier molecular flexibility index (Phi) is 6.08. The van der Waals surface area contributed by atoms with E-state index in [0.29, 0.717) is 17.0 Å². The molecular formula is C18H16N6O3S. The third-order valence-corrected chi connectivity index (χ3v) is 4.74. The van der Waals surface area contributed by atoms with Crippen molar-refractivity contribution in [3.8, 4) is 6.07 Å². The number of thiophene rings is 1. The van der Waals surface area contributed by atoms with Crippen molar-refractivity contribution in [1.82, 2.24) is 20.2 Å². The summed E-state index contributed by atoms with van der Waals surface area (Å²) in [4.78, 5) is 25.1. The fourth-order valence-corrected chi connectivity index (χ4v) is 3.19. The van der Waals surface area contributed by atoms with Gasteiger partial charge in [-0.15, -0.1) is 16.4 Å². The zero-order chi connectivity index (χ0) is 19.9. The summed E-state index contributed by atoms with van der Waals surface area (Å²) in [6.07, 6.45) is 0.573. The fraction of sp³-hybridized carbons (Fsp3) is 0.222. The van der Waals surface area contributed by atoms with Gasteiger partial charge in [0.15, 0.2) is 12.1 Å². The molecular weight excluding hydrogens is 380 g/mol. The number of carbonyl (C=O) groups is 2. The van der Waals surface area contributed by atoms with Gasteiger partial charge in [-0.1, -0.05) is 30.3 Å². The molecule has 2 heterocycles. The lowest BCUT2D eigenvalue weighted by molar-refractivity contribution is -0.156. The minimum atomic E-state index is -1.06. The van der Waals surface area contributed by atoms with Gasteiger partial charge in [0.05, 0.1) is 5.56 Å². The first-order valence-electron chi connectivity index (χ1n) is 8.34. The summed E-state index contributed by atoms with van der Waals surface area (Å²) >= 11 is 1.22. The number of tetrazole rings is 1. The number of hydrogen-bond acceptors (Lipinski definition) is 8. The number of amides is 1. The maximum absolute atomic E-state index is 12.7. The maximum atomic E-state index is 12.7. The number of ether oxygens (including phenoxy) is 1. The standard InChI is InChI=1S/C18H16N6O3S/c1-12(16(25)21-17-14(10-19)7-8-28-17)27-18(26)15(24-11-20-22-23-24)9-13-5-3-2-4-6-13/h2-8,11-12,15H,9H2,1H3,(H,21,25)/t12-,15+/m0/s1. The number of esters is 1. The highest BCUT2D eigenvalue weighted by molar-refractivity contribution is 7.14. The number of benzene rings is 1. The number of anilines is 1. The summed E-state index contributed by atoms with van der Waals surface area (Å²) < 4.78 is 6.65. The Morgan fingerprint density at radius 2 is 2.11 bits per heavy atom. The Morgan fingerprint density at radius 1 is 1.32 bits per heavy atom. The summed E-state index contributed by atoms with van der Waals surface area (Å²) in [6, 6.07) is 12.1. The Morgan fingerprint density at radius 3 is 2.79 bits per heavy atom. The van der Waals surface area contributed by atoms with Gasteiger partial charge in [0.1, 0.15) is 17.4 Å². The largest absolute Gasteiger partial charge is 0.451 e. The lowest BCUT2D eigenvalue weighted by atomic mass is 10.1. The second-order valence-corrected chi connectivity index (χ2v) is 6.76. The highest BCUT2D eigenvalue weighted by Gasteiger charge is 2.28. The molecule has 0 saturated carbocycles. The number of nitriles is 1. The van der Waals surface area contributed by atoms with E-state index in [2.05, 4.69) is 20.8 Å². The summed E-state index contributed by atoms with van der Waals surface area (Å²) in [6.45, 7) is 1.46. The van der Waals surface area contributed by atoms with Crippen molar-refractivity contribution in [1.29, 1.82) is 5.26 Å². The third-order valence-electron chi connectivity index (χ3n) is 3.91. The minimum absolute atomic E-state index is 0.308. The highest BCUT2D eigenvalue weighted by atomic mass is 32.1. The molecule has 2 aromatic heterocycles. The van der Waals surface area contributed by atoms with Gasteiger partial charge in [0, 0.05) is 6.42 Å². The molecule has 3 rings (SSSR count). The molecule has 0 radical (unpaired) electrons. The minimum Gasteiger partial charge on any atom is -0.451 e. The van der Waals surface area contributed by atoms with E-state index in [-0.39, 0.29) is 0 Å². The first-order chi connectivity index (χ1) is 13.6. The molecule has 0 fully saturated rings. The zero-order valence-corrected chi connectivity index (χ0v) is 15.7. The van der Waals surface area contributed by atoms with Crippen molar-refractivity contribution < 1.29 is 14.3 Å². The Labute approximate surface area is 164 Å². The monoisotopic (exact) mass is 396 g/mol. The average molecular weight is 396 g/mol. The molecule has 3 aromatic rings. The van der Waals surface area contributed by atoms with Crippen molar-refractivity contribution >= 4 is 28.2 Å². The predicted molar refractivity (Wildman–Crippen MR) is 100 cm³/mol. The molecule has 0 aliphatic rings. The summed E-state index contributed by atoms with van der Waals surface area (Å²) in [7, 11) is 0. The number of carbonyl (C=O) groups excluding carboxylic acids is 2. The molecule has 0 bridgehead atoms. The summed E-state index contributed by atoms with van der Waals surface area (Å²) in [5, 5.41) is 24.7. The van der Waals surface area contributed by atoms with E-state index < -0.39 is 24.0 Å². The van der Waals surface area contributed by atoms with E-state index in [9.17, 15) is 9.59 Å². The highest BCUT2D eigenvalue weighted by Crippen LogP contribution is 2.23. The van der Waals surface area contributed by atoms with Gasteiger partial charge in [-0.3, -0.25) is 4.79 Å². The second kappa shape index (κ2) is 8.88. The molecule has 10 heteroatoms. The summed E-state index contributed by atoms with van der Waals surface area (Å²) in [5.74, 6) is -1.16. The smallest absolute Gasteiger partial charge is 0.332 e. The van der Waals surface area contributed by atoms with Crippen LogP contribution in [0.2, 0.25) is 0 Å². The van der Waals surface area contributed by atoms with E-state index >= 15 is 0 Å². The summed E-state index contributed by atoms with van der Waals surface area (Å²) in [5.41, 5.74) is 1.25. The van der Waals surface area contributed by atoms with Crippen LogP contribution in [0.25, 0.3) is 0 Å². The molecule has 1 N–H and O–H groups in total. The molecule has 0 saturated heterocycles. The van der Waals surface area contributed by atoms with E-state index in [1.807, 2.05) is 36.4 Å². The number of nitrogens with zero attached hydrogens (tertiary/aromatic N) is 5. The lowest BCUT2D eigenvalue weighted by Gasteiger charge is -2.19. The van der Waals surface area contributed by atoms with Crippen LogP contribution < -0.4 is 5.32 Å². The molecule has 142 valence electrons. The zero-order valence-electron chi connectivity index (χ0n) is 14.8. The SMILES string of the molecule is C[C@H](OC(=O)[C@@H](Cc1ccccc1)n1cnnn1)C(=O)Nc1sccc1C#N. The normalized spacial score (nSPS) is 12.6. The van der Waals surface area contributed by atoms with Gasteiger partial charge in [0.25, 0.3) is 5.91 Å². The number of nitrogens with one attached hydrogen (secondary N) is 1. The molecule has 1 aromatic carbocycles. The van der Waals surface area contributed by atoms with E-state index in [4.69, 9.17) is 10.00 Å². The van der Waals surface area contributed by atoms with E-state index in [0.717, 1.165) is 5.56 Å². The maximum Gasteiger partial charge on any atom is 0.332 e. The van der Waals surface area contributed by atoms with Crippen molar-refractivity contribution in [2.75, 3.05) is 5.32 Å². The van der Waals surface area contributed by atoms with Crippen molar-refractivity contribution in [3.63, 3.8) is 0 Å². The van der Waals surface area contributed by atoms with Gasteiger partial charge < -0.3 is 10.1 Å². The van der Waals surface area contributed by atoms with Gasteiger partial charge in [-0.25, -0.2) is 9.48 Å². The molecule has 9 nitrogen and oxygen atoms in total. The molecule has 0 aliphatic carbocycles. The van der Waals surface area contributed by atoms with Crippen LogP contribution in [0.1, 0.15) is 24.1 Å². The van der Waals surface area contributed by atoms with Gasteiger partial charge >= 0.3 is 5.97 Å². The predicted octanol–water partition coefficient (Wildman–Crippen LogP) is 1.96. The average Bonchev–Trinajstić information content (AvgIpc) is 3.38. The third kappa shape index (κ3) is 4.57. The van der Waals surface area contributed by atoms with Gasteiger partial charge in [-0.2, -0.15) is 5.26 Å². The van der Waals surface area contributed by atoms with E-state index in [1.54, 1.807) is 11.4 Å². The quantitative estimate of drug-likeness (QED) is 0.606. The molecule has 0 aliphatic heterocycles. The van der Waals surface area contributed by atoms with E-state index in [1.165, 1.54) is 29.3 Å². The lowest BCUT2D eigenvalue weighted by Crippen LogP contribution is -2.34. The van der Waals surface area contributed by atoms with Crippen LogP contribution in [0, 0.1) is 11.3 Å². The first kappa shape index (κ1) is 19.2. The van der Waals surface area contributed by atoms with Crippen molar-refractivity contribution in [3.05, 3.63) is 59.2 Å². The fourth-order valence-electron chi connectivity index (χ4n) is 2.45. The number of rotatable bonds is 7. The number of aromatic nitrogens is 4. The van der Waals surface area contributed by atoms with Crippen LogP contribution in [0.3, 0.4) is 0 Å². The Hall–Kier alpha value is -3.58. The van der Waals surface area contributed by atoms with Crippen LogP contribution in [0.15, 0.2) is 48.1 Å². The van der Waals surface area contributed by atoms with Gasteiger partial charge in [0.2, 0.25) is 0 Å². The molecule has 1 amide bonds. The first-order valence-corrected chi connectivity index (χ1v) is 9.21. The van der Waals surface area contributed by atoms with Crippen LogP contribution in [0.4, 0.5) is 5.00 Å². The topological polar surface area (TPSA) is 123 Å². The van der Waals surface area contributed by atoms with Gasteiger partial charge in [-0.05, 0) is 34.4 Å². The van der Waals surface area contributed by atoms with Crippen LogP contribution in [0.5, 0.6) is 0 Å². The van der Waals surface area contributed by atoms with Crippen molar-refractivity contribution in [2.24, 2.45) is 0 Å². The van der Waals surface area contributed by atoms with Crippen LogP contribution in [-0.2, 0) is 20.7 Å². The Bertz CT molecular complexity index is 980. The molecule has 0 unspecified atom stereocenters.